The van der Waals surface area contributed by atoms with Gasteiger partial charge in [-0.05, 0) is 6.92 Å². The van der Waals surface area contributed by atoms with Gasteiger partial charge in [-0.3, -0.25) is 9.50 Å². The van der Waals surface area contributed by atoms with Gasteiger partial charge in [-0.2, -0.15) is 0 Å². The summed E-state index contributed by atoms with van der Waals surface area (Å²) in [5.41, 5.74) is 0. The maximum absolute atomic E-state index is 10.1. The number of carbonyl (C=O) groups excluding carboxylic acids is 1. The molecule has 0 aromatic rings. The summed E-state index contributed by atoms with van der Waals surface area (Å²) in [7, 11) is 0. The molecule has 1 saturated heterocycles. The van der Waals surface area contributed by atoms with Crippen molar-refractivity contribution in [3.63, 3.8) is 0 Å². The minimum absolute atomic E-state index is 0. The van der Waals surface area contributed by atoms with Gasteiger partial charge < -0.3 is 4.74 Å². The molecule has 42 valence electrons. The van der Waals surface area contributed by atoms with E-state index in [-0.39, 0.29) is 16.6 Å². The van der Waals surface area contributed by atoms with Crippen molar-refractivity contribution in [2.24, 2.45) is 0 Å². The standard InChI is InChI=1S/C4H6O2.FH/c1-3(5)4-2-6-4;/h4H,2H2,1H3;1H. The molecule has 0 spiro atoms. The van der Waals surface area contributed by atoms with Crippen LogP contribution in [0.1, 0.15) is 6.92 Å². The van der Waals surface area contributed by atoms with Crippen molar-refractivity contribution in [1.29, 1.82) is 0 Å². The van der Waals surface area contributed by atoms with Gasteiger partial charge in [0.05, 0.1) is 6.61 Å². The predicted molar refractivity (Wildman–Crippen MR) is 22.9 cm³/mol. The Bertz CT molecular complexity index is 77.8. The molecule has 0 aliphatic carbocycles. The third-order valence-corrected chi connectivity index (χ3v) is 0.787. The summed E-state index contributed by atoms with van der Waals surface area (Å²) in [6.07, 6.45) is -0.0370. The zero-order valence-corrected chi connectivity index (χ0v) is 4.01. The molecule has 1 aliphatic rings. The number of epoxide rings is 1. The molecule has 0 bridgehead atoms. The Kier molecular flexibility index (Phi) is 1.90. The third kappa shape index (κ3) is 1.64. The van der Waals surface area contributed by atoms with E-state index in [1.807, 2.05) is 0 Å². The molecular formula is C4H7FO2. The van der Waals surface area contributed by atoms with Crippen LogP contribution in [-0.4, -0.2) is 18.5 Å². The lowest BCUT2D eigenvalue weighted by molar-refractivity contribution is -0.118. The van der Waals surface area contributed by atoms with Gasteiger partial charge in [-0.15, -0.1) is 0 Å². The van der Waals surface area contributed by atoms with Gasteiger partial charge in [-0.1, -0.05) is 0 Å². The maximum atomic E-state index is 10.1. The van der Waals surface area contributed by atoms with Crippen molar-refractivity contribution in [3.05, 3.63) is 0 Å². The van der Waals surface area contributed by atoms with Gasteiger partial charge >= 0.3 is 0 Å². The number of hydrogen-bond donors (Lipinski definition) is 0. The van der Waals surface area contributed by atoms with Crippen molar-refractivity contribution in [3.8, 4) is 0 Å². The summed E-state index contributed by atoms with van der Waals surface area (Å²) in [5.74, 6) is 0.148. The molecule has 0 saturated carbocycles. The number of hydrogen-bond acceptors (Lipinski definition) is 2. The third-order valence-electron chi connectivity index (χ3n) is 0.787. The van der Waals surface area contributed by atoms with Crippen molar-refractivity contribution < 1.29 is 14.2 Å². The summed E-state index contributed by atoms with van der Waals surface area (Å²) in [5, 5.41) is 0. The highest BCUT2D eigenvalue weighted by atomic mass is 19.0. The molecule has 0 amide bonds. The molecule has 1 heterocycles. The van der Waals surface area contributed by atoms with Crippen LogP contribution in [0.5, 0.6) is 0 Å². The second-order valence-corrected chi connectivity index (χ2v) is 1.43. The van der Waals surface area contributed by atoms with E-state index in [9.17, 15) is 4.79 Å². The number of Topliss-reactive ketones (excluding diaryl/α,β-unsaturated/α-hetero) is 1. The number of rotatable bonds is 1. The Labute approximate surface area is 40.8 Å². The van der Waals surface area contributed by atoms with E-state index in [1.54, 1.807) is 0 Å². The first-order valence-corrected chi connectivity index (χ1v) is 1.93. The molecule has 0 radical (unpaired) electrons. The van der Waals surface area contributed by atoms with E-state index in [0.29, 0.717) is 6.61 Å². The zero-order valence-electron chi connectivity index (χ0n) is 4.01. The van der Waals surface area contributed by atoms with Gasteiger partial charge in [0.1, 0.15) is 6.10 Å². The van der Waals surface area contributed by atoms with Crippen LogP contribution in [0.4, 0.5) is 4.70 Å². The minimum atomic E-state index is -0.0370. The van der Waals surface area contributed by atoms with E-state index in [4.69, 9.17) is 0 Å². The highest BCUT2D eigenvalue weighted by Crippen LogP contribution is 2.07. The van der Waals surface area contributed by atoms with Crippen LogP contribution in [0.15, 0.2) is 0 Å². The fourth-order valence-corrected chi connectivity index (χ4v) is 0.283. The van der Waals surface area contributed by atoms with Crippen LogP contribution >= 0.6 is 0 Å². The second kappa shape index (κ2) is 2.02. The number of carbonyl (C=O) groups is 1. The lowest BCUT2D eigenvalue weighted by atomic mass is 10.3. The Morgan fingerprint density at radius 2 is 2.29 bits per heavy atom. The van der Waals surface area contributed by atoms with E-state index >= 15 is 0 Å². The molecular weight excluding hydrogens is 99.0 g/mol. The molecule has 2 nitrogen and oxygen atoms in total. The van der Waals surface area contributed by atoms with E-state index < -0.39 is 0 Å². The van der Waals surface area contributed by atoms with Crippen LogP contribution in [0.2, 0.25) is 0 Å². The smallest absolute Gasteiger partial charge is 0.160 e. The Balaban J connectivity index is 0.000000360. The SMILES string of the molecule is CC(=O)C1CO1.F. The molecule has 0 aromatic carbocycles. The first-order chi connectivity index (χ1) is 2.80. The molecule has 1 atom stereocenters. The van der Waals surface area contributed by atoms with Crippen molar-refractivity contribution in [1.82, 2.24) is 0 Å². The molecule has 0 N–H and O–H groups in total. The quantitative estimate of drug-likeness (QED) is 0.444. The predicted octanol–water partition coefficient (Wildman–Crippen LogP) is 0.127. The van der Waals surface area contributed by atoms with Crippen molar-refractivity contribution >= 4 is 5.78 Å². The van der Waals surface area contributed by atoms with Crippen LogP contribution in [0.3, 0.4) is 0 Å². The molecule has 1 fully saturated rings. The minimum Gasteiger partial charge on any atom is -0.365 e. The highest BCUT2D eigenvalue weighted by molar-refractivity contribution is 5.82. The zero-order chi connectivity index (χ0) is 4.57. The van der Waals surface area contributed by atoms with E-state index in [2.05, 4.69) is 4.74 Å². The van der Waals surface area contributed by atoms with Crippen LogP contribution in [0, 0.1) is 0 Å². The average Bonchev–Trinajstić information content (AvgIpc) is 2.06. The molecule has 7 heavy (non-hydrogen) atoms. The molecule has 0 aromatic heterocycles. The average molecular weight is 106 g/mol. The first-order valence-electron chi connectivity index (χ1n) is 1.93. The summed E-state index contributed by atoms with van der Waals surface area (Å²) in [4.78, 5) is 10.1. The highest BCUT2D eigenvalue weighted by Gasteiger charge is 2.26. The normalized spacial score (nSPS) is 25.6. The van der Waals surface area contributed by atoms with Crippen LogP contribution < -0.4 is 0 Å². The topological polar surface area (TPSA) is 29.6 Å². The number of ether oxygens (including phenoxy) is 1. The monoisotopic (exact) mass is 106 g/mol. The van der Waals surface area contributed by atoms with Gasteiger partial charge in [0.15, 0.2) is 5.78 Å². The van der Waals surface area contributed by atoms with Crippen molar-refractivity contribution in [2.75, 3.05) is 6.61 Å². The van der Waals surface area contributed by atoms with Crippen LogP contribution in [-0.2, 0) is 9.53 Å². The number of halogens is 1. The molecule has 1 unspecified atom stereocenters. The lowest BCUT2D eigenvalue weighted by Gasteiger charge is -1.72. The number of ketones is 1. The summed E-state index contributed by atoms with van der Waals surface area (Å²) >= 11 is 0. The molecule has 1 aliphatic heterocycles. The summed E-state index contributed by atoms with van der Waals surface area (Å²) in [6.45, 7) is 2.19. The largest absolute Gasteiger partial charge is 0.365 e. The first kappa shape index (κ1) is 6.56. The van der Waals surface area contributed by atoms with Gasteiger partial charge in [0.2, 0.25) is 0 Å². The Morgan fingerprint density at radius 3 is 2.29 bits per heavy atom. The fraction of sp³-hybridized carbons (Fsp3) is 0.750. The molecule has 1 rings (SSSR count). The van der Waals surface area contributed by atoms with E-state index in [0.717, 1.165) is 0 Å². The summed E-state index contributed by atoms with van der Waals surface area (Å²) < 4.78 is 4.62. The van der Waals surface area contributed by atoms with Gasteiger partial charge in [-0.25, -0.2) is 0 Å². The maximum Gasteiger partial charge on any atom is 0.160 e. The Hall–Kier alpha value is -0.440. The molecule has 3 heteroatoms. The van der Waals surface area contributed by atoms with Gasteiger partial charge in [0, 0.05) is 0 Å². The van der Waals surface area contributed by atoms with Crippen LogP contribution in [0.25, 0.3) is 0 Å². The second-order valence-electron chi connectivity index (χ2n) is 1.43. The van der Waals surface area contributed by atoms with Gasteiger partial charge in [0.25, 0.3) is 0 Å². The fourth-order valence-electron chi connectivity index (χ4n) is 0.283. The van der Waals surface area contributed by atoms with Crippen molar-refractivity contribution in [2.45, 2.75) is 13.0 Å². The van der Waals surface area contributed by atoms with E-state index in [1.165, 1.54) is 6.92 Å². The lowest BCUT2D eigenvalue weighted by Crippen LogP contribution is -1.97. The Morgan fingerprint density at radius 1 is 1.86 bits per heavy atom. The summed E-state index contributed by atoms with van der Waals surface area (Å²) in [6, 6.07) is 0.